The van der Waals surface area contributed by atoms with Gasteiger partial charge in [-0.3, -0.25) is 14.0 Å². The van der Waals surface area contributed by atoms with E-state index in [0.717, 1.165) is 17.0 Å². The molecule has 102 valence electrons. The zero-order chi connectivity index (χ0) is 14.2. The molecular weight excluding hydrogens is 262 g/mol. The van der Waals surface area contributed by atoms with Gasteiger partial charge in [0.05, 0.1) is 0 Å². The molecule has 6 heteroatoms. The Balaban J connectivity index is 2.57. The fraction of sp³-hybridized carbons (Fsp3) is 0.462. The maximum atomic E-state index is 12.4. The largest absolute Gasteiger partial charge is 0.341 e. The molecule has 0 fully saturated rings. The van der Waals surface area contributed by atoms with Crippen LogP contribution in [0.25, 0.3) is 4.96 Å². The number of amides is 1. The van der Waals surface area contributed by atoms with Crippen LogP contribution in [0.1, 0.15) is 34.3 Å². The lowest BCUT2D eigenvalue weighted by molar-refractivity contribution is 0.0793. The van der Waals surface area contributed by atoms with Crippen LogP contribution in [0.3, 0.4) is 0 Å². The maximum absolute atomic E-state index is 12.4. The van der Waals surface area contributed by atoms with Crippen molar-refractivity contribution in [1.82, 2.24) is 14.3 Å². The third kappa shape index (κ3) is 2.28. The molecule has 0 atom stereocenters. The third-order valence-electron chi connectivity index (χ3n) is 3.15. The second-order valence-electron chi connectivity index (χ2n) is 4.57. The molecule has 2 heterocycles. The van der Waals surface area contributed by atoms with Crippen molar-refractivity contribution >= 4 is 22.2 Å². The van der Waals surface area contributed by atoms with E-state index >= 15 is 0 Å². The van der Waals surface area contributed by atoms with Crippen molar-refractivity contribution in [1.29, 1.82) is 0 Å². The first kappa shape index (κ1) is 13.7. The first-order valence-corrected chi connectivity index (χ1v) is 7.02. The molecule has 0 unspecified atom stereocenters. The van der Waals surface area contributed by atoms with Crippen molar-refractivity contribution in [3.8, 4) is 0 Å². The van der Waals surface area contributed by atoms with Gasteiger partial charge in [0.1, 0.15) is 5.56 Å². The van der Waals surface area contributed by atoms with Gasteiger partial charge < -0.3 is 4.90 Å². The van der Waals surface area contributed by atoms with E-state index in [4.69, 9.17) is 0 Å². The van der Waals surface area contributed by atoms with Crippen molar-refractivity contribution in [2.75, 3.05) is 13.6 Å². The Morgan fingerprint density at radius 1 is 1.47 bits per heavy atom. The monoisotopic (exact) mass is 279 g/mol. The van der Waals surface area contributed by atoms with E-state index in [1.54, 1.807) is 11.9 Å². The summed E-state index contributed by atoms with van der Waals surface area (Å²) in [7, 11) is 1.70. The molecule has 1 amide bonds. The second-order valence-corrected chi connectivity index (χ2v) is 5.75. The summed E-state index contributed by atoms with van der Waals surface area (Å²) in [5.74, 6) is -0.267. The number of thiazole rings is 1. The predicted molar refractivity (Wildman–Crippen MR) is 76.1 cm³/mol. The molecule has 19 heavy (non-hydrogen) atoms. The molecule has 2 aromatic heterocycles. The molecule has 0 aliphatic heterocycles. The van der Waals surface area contributed by atoms with Gasteiger partial charge in [-0.1, -0.05) is 6.92 Å². The molecule has 0 saturated carbocycles. The number of carbonyl (C=O) groups is 1. The highest BCUT2D eigenvalue weighted by molar-refractivity contribution is 7.17. The maximum Gasteiger partial charge on any atom is 0.271 e. The zero-order valence-corrected chi connectivity index (χ0v) is 12.4. The van der Waals surface area contributed by atoms with Gasteiger partial charge in [0.2, 0.25) is 0 Å². The molecule has 0 N–H and O–H groups in total. The predicted octanol–water partition coefficient (Wildman–Crippen LogP) is 1.85. The summed E-state index contributed by atoms with van der Waals surface area (Å²) in [5, 5.41) is 0. The van der Waals surface area contributed by atoms with Crippen LogP contribution >= 0.6 is 11.3 Å². The van der Waals surface area contributed by atoms with Gasteiger partial charge in [-0.2, -0.15) is 0 Å². The van der Waals surface area contributed by atoms with Gasteiger partial charge in [0, 0.05) is 30.4 Å². The average molecular weight is 279 g/mol. The number of aryl methyl sites for hydroxylation is 2. The summed E-state index contributed by atoms with van der Waals surface area (Å²) >= 11 is 1.46. The lowest BCUT2D eigenvalue weighted by Gasteiger charge is -2.15. The lowest BCUT2D eigenvalue weighted by Crippen LogP contribution is -2.33. The number of hydrogen-bond donors (Lipinski definition) is 0. The highest BCUT2D eigenvalue weighted by Crippen LogP contribution is 2.18. The lowest BCUT2D eigenvalue weighted by atomic mass is 10.3. The highest BCUT2D eigenvalue weighted by Gasteiger charge is 2.18. The Morgan fingerprint density at radius 3 is 2.79 bits per heavy atom. The molecule has 0 aliphatic carbocycles. The Morgan fingerprint density at radius 2 is 2.16 bits per heavy atom. The Hall–Kier alpha value is -1.69. The van der Waals surface area contributed by atoms with Crippen LogP contribution < -0.4 is 5.56 Å². The summed E-state index contributed by atoms with van der Waals surface area (Å²) in [6.45, 7) is 6.43. The van der Waals surface area contributed by atoms with Gasteiger partial charge in [-0.15, -0.1) is 11.3 Å². The molecule has 2 aromatic rings. The van der Waals surface area contributed by atoms with Gasteiger partial charge in [0.15, 0.2) is 4.96 Å². The molecule has 0 saturated heterocycles. The van der Waals surface area contributed by atoms with E-state index in [0.29, 0.717) is 11.5 Å². The van der Waals surface area contributed by atoms with Crippen LogP contribution in [-0.4, -0.2) is 33.8 Å². The first-order valence-electron chi connectivity index (χ1n) is 6.20. The minimum Gasteiger partial charge on any atom is -0.341 e. The first-order chi connectivity index (χ1) is 8.97. The molecule has 0 spiro atoms. The summed E-state index contributed by atoms with van der Waals surface area (Å²) in [5.41, 5.74) is 0.708. The number of carbonyl (C=O) groups excluding carboxylic acids is 1. The number of rotatable bonds is 3. The Bertz CT molecular complexity index is 687. The van der Waals surface area contributed by atoms with Crippen molar-refractivity contribution in [2.45, 2.75) is 27.2 Å². The van der Waals surface area contributed by atoms with Crippen molar-refractivity contribution in [3.63, 3.8) is 0 Å². The SMILES string of the molecule is CCCN(C)C(=O)c1cnc2sc(C)c(C)n2c1=O. The van der Waals surface area contributed by atoms with E-state index < -0.39 is 0 Å². The number of fused-ring (bicyclic) bond motifs is 1. The van der Waals surface area contributed by atoms with Crippen molar-refractivity contribution < 1.29 is 4.79 Å². The highest BCUT2D eigenvalue weighted by atomic mass is 32.1. The Kier molecular flexibility index (Phi) is 3.71. The smallest absolute Gasteiger partial charge is 0.271 e. The minimum absolute atomic E-state index is 0.134. The van der Waals surface area contributed by atoms with E-state index in [-0.39, 0.29) is 17.0 Å². The molecule has 0 aliphatic rings. The van der Waals surface area contributed by atoms with Gasteiger partial charge >= 0.3 is 0 Å². The van der Waals surface area contributed by atoms with Crippen LogP contribution in [-0.2, 0) is 0 Å². The number of aromatic nitrogens is 2. The topological polar surface area (TPSA) is 54.7 Å². The van der Waals surface area contributed by atoms with E-state index in [1.165, 1.54) is 21.9 Å². The average Bonchev–Trinajstić information content (AvgIpc) is 2.66. The molecular formula is C13H17N3O2S. The van der Waals surface area contributed by atoms with Crippen LogP contribution in [0.15, 0.2) is 11.0 Å². The van der Waals surface area contributed by atoms with E-state index in [1.807, 2.05) is 20.8 Å². The zero-order valence-electron chi connectivity index (χ0n) is 11.6. The molecule has 0 aromatic carbocycles. The second kappa shape index (κ2) is 5.13. The van der Waals surface area contributed by atoms with Crippen LogP contribution in [0, 0.1) is 13.8 Å². The summed E-state index contributed by atoms with van der Waals surface area (Å²) in [4.78, 5) is 32.0. The summed E-state index contributed by atoms with van der Waals surface area (Å²) in [6.07, 6.45) is 2.25. The summed E-state index contributed by atoms with van der Waals surface area (Å²) in [6, 6.07) is 0. The van der Waals surface area contributed by atoms with Crippen LogP contribution in [0.4, 0.5) is 0 Å². The fourth-order valence-corrected chi connectivity index (χ4v) is 2.89. The summed E-state index contributed by atoms with van der Waals surface area (Å²) < 4.78 is 1.52. The van der Waals surface area contributed by atoms with Gasteiger partial charge in [-0.05, 0) is 20.3 Å². The van der Waals surface area contributed by atoms with Crippen molar-refractivity contribution in [3.05, 3.63) is 32.7 Å². The quantitative estimate of drug-likeness (QED) is 0.861. The number of hydrogen-bond acceptors (Lipinski definition) is 4. The van der Waals surface area contributed by atoms with E-state index in [2.05, 4.69) is 4.98 Å². The number of nitrogens with zero attached hydrogens (tertiary/aromatic N) is 3. The normalized spacial score (nSPS) is 10.9. The molecule has 0 bridgehead atoms. The van der Waals surface area contributed by atoms with Gasteiger partial charge in [0.25, 0.3) is 11.5 Å². The van der Waals surface area contributed by atoms with Crippen LogP contribution in [0.2, 0.25) is 0 Å². The molecule has 0 radical (unpaired) electrons. The minimum atomic E-state index is -0.278. The van der Waals surface area contributed by atoms with Crippen LogP contribution in [0.5, 0.6) is 0 Å². The van der Waals surface area contributed by atoms with E-state index in [9.17, 15) is 9.59 Å². The standard InChI is InChI=1S/C13H17N3O2S/c1-5-6-15(4)11(17)10-7-14-13-16(12(10)18)8(2)9(3)19-13/h7H,5-6H2,1-4H3. The molecule has 2 rings (SSSR count). The third-order valence-corrected chi connectivity index (χ3v) is 4.23. The Labute approximate surface area is 115 Å². The molecule has 5 nitrogen and oxygen atoms in total. The van der Waals surface area contributed by atoms with Gasteiger partial charge in [-0.25, -0.2) is 4.98 Å². The fourth-order valence-electron chi connectivity index (χ4n) is 1.97. The van der Waals surface area contributed by atoms with Crippen molar-refractivity contribution in [2.24, 2.45) is 0 Å².